The van der Waals surface area contributed by atoms with Crippen LogP contribution in [0.1, 0.15) is 16.7 Å². The highest BCUT2D eigenvalue weighted by Gasteiger charge is 2.23. The fourth-order valence-electron chi connectivity index (χ4n) is 4.10. The van der Waals surface area contributed by atoms with Crippen molar-refractivity contribution >= 4 is 26.6 Å². The Morgan fingerprint density at radius 2 is 1.62 bits per heavy atom. The van der Waals surface area contributed by atoms with Crippen molar-refractivity contribution in [2.24, 2.45) is 0 Å². The van der Waals surface area contributed by atoms with Gasteiger partial charge in [0.2, 0.25) is 5.91 Å². The molecule has 0 radical (unpaired) electrons. The van der Waals surface area contributed by atoms with Gasteiger partial charge in [-0.15, -0.1) is 0 Å². The van der Waals surface area contributed by atoms with Crippen molar-refractivity contribution in [3.05, 3.63) is 95.7 Å². The van der Waals surface area contributed by atoms with Gasteiger partial charge in [-0.2, -0.15) is 0 Å². The third-order valence-electron chi connectivity index (χ3n) is 5.92. The maximum atomic E-state index is 13.3. The third-order valence-corrected chi connectivity index (χ3v) is 7.60. The number of fused-ring (bicyclic) bond motifs is 1. The number of nitrogens with zero attached hydrogens (tertiary/aromatic N) is 1. The summed E-state index contributed by atoms with van der Waals surface area (Å²) in [5.41, 5.74) is 3.43. The average molecular weight is 477 g/mol. The van der Waals surface area contributed by atoms with Crippen molar-refractivity contribution in [2.75, 3.05) is 13.7 Å². The van der Waals surface area contributed by atoms with Gasteiger partial charge in [-0.05, 0) is 42.2 Å². The highest BCUT2D eigenvalue weighted by molar-refractivity contribution is 7.90. The Morgan fingerprint density at radius 3 is 2.38 bits per heavy atom. The van der Waals surface area contributed by atoms with Gasteiger partial charge in [-0.25, -0.2) is 8.42 Å². The number of hydrogen-bond acceptors (Lipinski definition) is 4. The van der Waals surface area contributed by atoms with E-state index in [0.717, 1.165) is 22.4 Å². The van der Waals surface area contributed by atoms with E-state index in [-0.39, 0.29) is 23.1 Å². The second kappa shape index (κ2) is 10.1. The quantitative estimate of drug-likeness (QED) is 0.391. The van der Waals surface area contributed by atoms with Crippen LogP contribution < -0.4 is 10.1 Å². The molecule has 0 aliphatic heterocycles. The van der Waals surface area contributed by atoms with E-state index in [1.165, 1.54) is 0 Å². The molecule has 6 nitrogen and oxygen atoms in total. The number of aromatic nitrogens is 1. The van der Waals surface area contributed by atoms with Crippen LogP contribution in [-0.4, -0.2) is 32.5 Å². The molecule has 1 aromatic heterocycles. The molecule has 0 saturated heterocycles. The number of ether oxygens (including phenoxy) is 1. The fourth-order valence-corrected chi connectivity index (χ4v) is 5.79. The summed E-state index contributed by atoms with van der Waals surface area (Å²) in [4.78, 5) is 12.9. The molecule has 1 heterocycles. The van der Waals surface area contributed by atoms with Gasteiger partial charge in [0.15, 0.2) is 9.84 Å². The third kappa shape index (κ3) is 5.15. The molecule has 4 aromatic rings. The lowest BCUT2D eigenvalue weighted by Gasteiger charge is -2.10. The molecule has 4 rings (SSSR count). The molecular weight excluding hydrogens is 448 g/mol. The van der Waals surface area contributed by atoms with Crippen LogP contribution in [0.3, 0.4) is 0 Å². The Bertz CT molecular complexity index is 1420. The number of benzene rings is 3. The van der Waals surface area contributed by atoms with E-state index in [2.05, 4.69) is 5.32 Å². The van der Waals surface area contributed by atoms with E-state index in [1.54, 1.807) is 23.9 Å². The lowest BCUT2D eigenvalue weighted by atomic mass is 10.1. The number of nitrogens with one attached hydrogen (secondary N) is 1. The first-order valence-corrected chi connectivity index (χ1v) is 12.8. The monoisotopic (exact) mass is 476 g/mol. The van der Waals surface area contributed by atoms with E-state index in [9.17, 15) is 13.2 Å². The minimum atomic E-state index is -3.60. The molecule has 0 spiro atoms. The Labute approximate surface area is 200 Å². The molecule has 0 bridgehead atoms. The van der Waals surface area contributed by atoms with Crippen LogP contribution in [0.25, 0.3) is 10.9 Å². The molecule has 1 N–H and O–H groups in total. The number of aryl methyl sites for hydroxylation is 1. The SMILES string of the molecule is COc1ccccc1CCNC(=O)Cn1cc(S(=O)(=O)Cc2ccccc2C)c2ccccc21. The first kappa shape index (κ1) is 23.6. The lowest BCUT2D eigenvalue weighted by molar-refractivity contribution is -0.121. The predicted octanol–water partition coefficient (Wildman–Crippen LogP) is 4.29. The van der Waals surface area contributed by atoms with Gasteiger partial charge >= 0.3 is 0 Å². The minimum absolute atomic E-state index is 0.0341. The Hall–Kier alpha value is -3.58. The Morgan fingerprint density at radius 1 is 0.941 bits per heavy atom. The van der Waals surface area contributed by atoms with Gasteiger partial charge in [0.05, 0.1) is 17.8 Å². The van der Waals surface area contributed by atoms with Gasteiger partial charge in [-0.3, -0.25) is 4.79 Å². The number of sulfone groups is 1. The van der Waals surface area contributed by atoms with Gasteiger partial charge in [0, 0.05) is 23.6 Å². The summed E-state index contributed by atoms with van der Waals surface area (Å²) < 4.78 is 33.7. The molecule has 3 aromatic carbocycles. The molecule has 7 heteroatoms. The summed E-state index contributed by atoms with van der Waals surface area (Å²) in [6.45, 7) is 2.40. The summed E-state index contributed by atoms with van der Waals surface area (Å²) >= 11 is 0. The highest BCUT2D eigenvalue weighted by atomic mass is 32.2. The lowest BCUT2D eigenvalue weighted by Crippen LogP contribution is -2.29. The maximum absolute atomic E-state index is 13.3. The van der Waals surface area contributed by atoms with Crippen molar-refractivity contribution in [1.29, 1.82) is 0 Å². The smallest absolute Gasteiger partial charge is 0.239 e. The molecule has 0 fully saturated rings. The summed E-state index contributed by atoms with van der Waals surface area (Å²) in [7, 11) is -1.98. The van der Waals surface area contributed by atoms with Gasteiger partial charge < -0.3 is 14.6 Å². The zero-order chi connectivity index (χ0) is 24.1. The van der Waals surface area contributed by atoms with Crippen molar-refractivity contribution in [2.45, 2.75) is 30.5 Å². The summed E-state index contributed by atoms with van der Waals surface area (Å²) in [5.74, 6) is 0.522. The fraction of sp³-hybridized carbons (Fsp3) is 0.222. The van der Waals surface area contributed by atoms with E-state index in [0.29, 0.717) is 23.9 Å². The van der Waals surface area contributed by atoms with Gasteiger partial charge in [-0.1, -0.05) is 60.7 Å². The summed E-state index contributed by atoms with van der Waals surface area (Å²) in [6, 6.07) is 22.5. The molecule has 0 atom stereocenters. The van der Waals surface area contributed by atoms with Crippen LogP contribution in [0.15, 0.2) is 83.9 Å². The topological polar surface area (TPSA) is 77.4 Å². The highest BCUT2D eigenvalue weighted by Crippen LogP contribution is 2.28. The van der Waals surface area contributed by atoms with E-state index < -0.39 is 9.84 Å². The maximum Gasteiger partial charge on any atom is 0.239 e. The first-order valence-electron chi connectivity index (χ1n) is 11.1. The van der Waals surface area contributed by atoms with Crippen molar-refractivity contribution in [3.63, 3.8) is 0 Å². The minimum Gasteiger partial charge on any atom is -0.496 e. The second-order valence-electron chi connectivity index (χ2n) is 8.24. The van der Waals surface area contributed by atoms with E-state index in [4.69, 9.17) is 4.74 Å². The van der Waals surface area contributed by atoms with E-state index in [1.807, 2.05) is 73.7 Å². The molecule has 0 aliphatic carbocycles. The van der Waals surface area contributed by atoms with Crippen LogP contribution in [0.5, 0.6) is 5.75 Å². The van der Waals surface area contributed by atoms with Crippen molar-refractivity contribution in [1.82, 2.24) is 9.88 Å². The predicted molar refractivity (Wildman–Crippen MR) is 134 cm³/mol. The normalized spacial score (nSPS) is 11.5. The molecule has 1 amide bonds. The van der Waals surface area contributed by atoms with Crippen LogP contribution >= 0.6 is 0 Å². The summed E-state index contributed by atoms with van der Waals surface area (Å²) in [6.07, 6.45) is 2.22. The number of para-hydroxylation sites is 2. The standard InChI is InChI=1S/C27H28N2O4S/c1-20-9-3-4-11-22(20)19-34(31,32)26-17-29(24-13-7-6-12-23(24)26)18-27(30)28-16-15-21-10-5-8-14-25(21)33-2/h3-14,17H,15-16,18-19H2,1-2H3,(H,28,30). The van der Waals surface area contributed by atoms with Crippen molar-refractivity contribution in [3.8, 4) is 5.75 Å². The van der Waals surface area contributed by atoms with Crippen LogP contribution in [0, 0.1) is 6.92 Å². The van der Waals surface area contributed by atoms with Crippen LogP contribution in [0.4, 0.5) is 0 Å². The number of carbonyl (C=O) groups excluding carboxylic acids is 1. The number of methoxy groups -OCH3 is 1. The Balaban J connectivity index is 1.51. The zero-order valence-corrected chi connectivity index (χ0v) is 20.1. The van der Waals surface area contributed by atoms with Crippen molar-refractivity contribution < 1.29 is 17.9 Å². The molecule has 176 valence electrons. The number of carbonyl (C=O) groups is 1. The molecule has 0 saturated carbocycles. The summed E-state index contributed by atoms with van der Waals surface area (Å²) in [5, 5.41) is 3.55. The Kier molecular flexibility index (Phi) is 7.03. The first-order chi connectivity index (χ1) is 16.4. The van der Waals surface area contributed by atoms with E-state index >= 15 is 0 Å². The van der Waals surface area contributed by atoms with Gasteiger partial charge in [0.25, 0.3) is 0 Å². The molecule has 34 heavy (non-hydrogen) atoms. The van der Waals surface area contributed by atoms with Gasteiger partial charge in [0.1, 0.15) is 12.3 Å². The zero-order valence-electron chi connectivity index (χ0n) is 19.3. The average Bonchev–Trinajstić information content (AvgIpc) is 3.20. The van der Waals surface area contributed by atoms with Crippen LogP contribution in [0.2, 0.25) is 0 Å². The largest absolute Gasteiger partial charge is 0.496 e. The second-order valence-corrected chi connectivity index (χ2v) is 10.2. The molecular formula is C27H28N2O4S. The number of amides is 1. The van der Waals surface area contributed by atoms with Crippen LogP contribution in [-0.2, 0) is 33.4 Å². The molecule has 0 unspecified atom stereocenters. The number of hydrogen-bond donors (Lipinski definition) is 1. The molecule has 0 aliphatic rings. The number of rotatable bonds is 9.